The smallest absolute Gasteiger partial charge is 0.407 e. The number of nitrogens with one attached hydrogen (secondary N) is 1. The molecule has 0 aromatic heterocycles. The van der Waals surface area contributed by atoms with Crippen molar-refractivity contribution in [3.05, 3.63) is 0 Å². The summed E-state index contributed by atoms with van der Waals surface area (Å²) in [4.78, 5) is 20.7. The summed E-state index contributed by atoms with van der Waals surface area (Å²) in [5, 5.41) is 2.47. The van der Waals surface area contributed by atoms with Gasteiger partial charge in [-0.05, 0) is 0 Å². The molecule has 5 heteroatoms. The van der Waals surface area contributed by atoms with Gasteiger partial charge in [-0.15, -0.1) is 0 Å². The Morgan fingerprint density at radius 3 is 2.77 bits per heavy atom. The molecule has 1 N–H and O–H groups in total. The average Bonchev–Trinajstić information content (AvgIpc) is 2.52. The molecular weight excluding hydrogens is 174 g/mol. The second-order valence-corrected chi connectivity index (χ2v) is 2.24. The summed E-state index contributed by atoms with van der Waals surface area (Å²) in [6.45, 7) is 5.77. The summed E-state index contributed by atoms with van der Waals surface area (Å²) in [6, 6.07) is -0.189. The number of rotatable bonds is 2. The van der Waals surface area contributed by atoms with E-state index in [-0.39, 0.29) is 26.7 Å². The second-order valence-electron chi connectivity index (χ2n) is 2.24. The second kappa shape index (κ2) is 6.28. The molecule has 78 valence electrons. The third-order valence-electron chi connectivity index (χ3n) is 1.23. The van der Waals surface area contributed by atoms with E-state index in [1.54, 1.807) is 0 Å². The van der Waals surface area contributed by atoms with Crippen LogP contribution >= 0.6 is 0 Å². The fraction of sp³-hybridized carbons (Fsp3) is 0.750. The Balaban J connectivity index is 0. The summed E-state index contributed by atoms with van der Waals surface area (Å²) < 4.78 is 9.20. The first-order valence-corrected chi connectivity index (χ1v) is 4.25. The third-order valence-corrected chi connectivity index (χ3v) is 1.23. The molecule has 0 bridgehead atoms. The molecule has 0 radical (unpaired) electrons. The maximum absolute atomic E-state index is 10.4. The minimum Gasteiger partial charge on any atom is -0.464 e. The molecule has 1 aliphatic heterocycles. The molecule has 0 aliphatic carbocycles. The minimum atomic E-state index is -0.456. The molecule has 1 unspecified atom stereocenters. The van der Waals surface area contributed by atoms with Crippen LogP contribution in [0.25, 0.3) is 0 Å². The molecule has 0 saturated carbocycles. The van der Waals surface area contributed by atoms with Gasteiger partial charge in [-0.25, -0.2) is 4.79 Å². The van der Waals surface area contributed by atoms with Crippen LogP contribution < -0.4 is 5.32 Å². The number of amides is 1. The van der Waals surface area contributed by atoms with Gasteiger partial charge in [0.2, 0.25) is 0 Å². The van der Waals surface area contributed by atoms with E-state index in [0.29, 0.717) is 0 Å². The van der Waals surface area contributed by atoms with Crippen molar-refractivity contribution in [3.63, 3.8) is 0 Å². The molecule has 1 atom stereocenters. The highest BCUT2D eigenvalue weighted by molar-refractivity contribution is 5.70. The van der Waals surface area contributed by atoms with Crippen LogP contribution in [-0.4, -0.2) is 31.3 Å². The van der Waals surface area contributed by atoms with Gasteiger partial charge in [-0.2, -0.15) is 0 Å². The third kappa shape index (κ3) is 5.05. The number of ether oxygens (including phenoxy) is 2. The van der Waals surface area contributed by atoms with Crippen LogP contribution in [-0.2, 0) is 14.3 Å². The van der Waals surface area contributed by atoms with Crippen molar-refractivity contribution < 1.29 is 20.5 Å². The lowest BCUT2D eigenvalue weighted by Gasteiger charge is -2.05. The van der Waals surface area contributed by atoms with E-state index in [1.165, 1.54) is 6.92 Å². The van der Waals surface area contributed by atoms with E-state index in [9.17, 15) is 9.59 Å². The predicted octanol–water partition coefficient (Wildman–Crippen LogP) is 0.930. The molecule has 1 heterocycles. The zero-order valence-electron chi connectivity index (χ0n) is 8.12. The maximum Gasteiger partial charge on any atom is 0.407 e. The van der Waals surface area contributed by atoms with Crippen LogP contribution in [0, 0.1) is 0 Å². The van der Waals surface area contributed by atoms with Crippen molar-refractivity contribution in [2.24, 2.45) is 0 Å². The van der Waals surface area contributed by atoms with E-state index < -0.39 is 6.09 Å². The lowest BCUT2D eigenvalue weighted by Crippen LogP contribution is -2.31. The molecular formula is C8H17NO4. The fourth-order valence-corrected chi connectivity index (χ4v) is 0.734. The fourth-order valence-electron chi connectivity index (χ4n) is 0.734. The highest BCUT2D eigenvalue weighted by atomic mass is 16.6. The molecule has 5 nitrogen and oxygen atoms in total. The van der Waals surface area contributed by atoms with Crippen molar-refractivity contribution in [2.45, 2.75) is 26.8 Å². The Kier molecular flexibility index (Phi) is 5.67. The molecule has 1 rings (SSSR count). The topological polar surface area (TPSA) is 64.6 Å². The van der Waals surface area contributed by atoms with Crippen LogP contribution in [0.3, 0.4) is 0 Å². The van der Waals surface area contributed by atoms with Gasteiger partial charge >= 0.3 is 12.1 Å². The summed E-state index contributed by atoms with van der Waals surface area (Å²) in [6.07, 6.45) is -0.456. The van der Waals surface area contributed by atoms with Gasteiger partial charge in [0.15, 0.2) is 0 Å². The zero-order valence-corrected chi connectivity index (χ0v) is 8.12. The van der Waals surface area contributed by atoms with Gasteiger partial charge in [0.1, 0.15) is 19.3 Å². The summed E-state index contributed by atoms with van der Waals surface area (Å²) in [5.41, 5.74) is 0. The standard InChI is InChI=1S/C6H9NO4.C2H6.H2/c1-4(8)10-2-5-3-11-6(9)7-5;1-2;/h5H,2-3H2,1H3,(H,7,9);1-2H3;1H. The van der Waals surface area contributed by atoms with E-state index in [2.05, 4.69) is 14.8 Å². The molecule has 0 spiro atoms. The molecule has 0 aromatic carbocycles. The number of hydrogen-bond donors (Lipinski definition) is 1. The Morgan fingerprint density at radius 2 is 2.38 bits per heavy atom. The van der Waals surface area contributed by atoms with Crippen molar-refractivity contribution in [1.82, 2.24) is 5.32 Å². The maximum atomic E-state index is 10.4. The van der Waals surface area contributed by atoms with Crippen LogP contribution in [0.5, 0.6) is 0 Å². The van der Waals surface area contributed by atoms with E-state index in [0.717, 1.165) is 0 Å². The number of carbonyl (C=O) groups is 2. The van der Waals surface area contributed by atoms with Crippen molar-refractivity contribution in [3.8, 4) is 0 Å². The van der Waals surface area contributed by atoms with Crippen molar-refractivity contribution >= 4 is 12.1 Å². The van der Waals surface area contributed by atoms with Gasteiger partial charge in [0.25, 0.3) is 0 Å². The van der Waals surface area contributed by atoms with E-state index >= 15 is 0 Å². The average molecular weight is 191 g/mol. The Morgan fingerprint density at radius 1 is 1.77 bits per heavy atom. The first-order valence-electron chi connectivity index (χ1n) is 4.25. The van der Waals surface area contributed by atoms with Crippen LogP contribution in [0.1, 0.15) is 22.2 Å². The number of hydrogen-bond acceptors (Lipinski definition) is 4. The number of esters is 1. The normalized spacial score (nSPS) is 19.3. The number of carbonyl (C=O) groups excluding carboxylic acids is 2. The van der Waals surface area contributed by atoms with Gasteiger partial charge in [-0.1, -0.05) is 13.8 Å². The van der Waals surface area contributed by atoms with Gasteiger partial charge in [0, 0.05) is 8.35 Å². The Labute approximate surface area is 78.9 Å². The summed E-state index contributed by atoms with van der Waals surface area (Å²) >= 11 is 0. The first kappa shape index (κ1) is 11.7. The quantitative estimate of drug-likeness (QED) is 0.659. The summed E-state index contributed by atoms with van der Waals surface area (Å²) in [5.74, 6) is -0.355. The molecule has 1 saturated heterocycles. The molecule has 13 heavy (non-hydrogen) atoms. The molecule has 1 amide bonds. The van der Waals surface area contributed by atoms with E-state index in [1.807, 2.05) is 13.8 Å². The first-order chi connectivity index (χ1) is 6.18. The number of cyclic esters (lactones) is 1. The Bertz CT molecular complexity index is 186. The molecule has 0 aromatic rings. The monoisotopic (exact) mass is 191 g/mol. The molecule has 1 aliphatic rings. The van der Waals surface area contributed by atoms with Gasteiger partial charge in [0.05, 0.1) is 0 Å². The van der Waals surface area contributed by atoms with Gasteiger partial charge in [-0.3, -0.25) is 4.79 Å². The lowest BCUT2D eigenvalue weighted by molar-refractivity contribution is -0.141. The van der Waals surface area contributed by atoms with Gasteiger partial charge < -0.3 is 14.8 Å². The Hall–Kier alpha value is -1.26. The minimum absolute atomic E-state index is 0. The van der Waals surface area contributed by atoms with Crippen LogP contribution in [0.2, 0.25) is 0 Å². The highest BCUT2D eigenvalue weighted by Crippen LogP contribution is 1.97. The molecule has 1 fully saturated rings. The predicted molar refractivity (Wildman–Crippen MR) is 48.4 cm³/mol. The van der Waals surface area contributed by atoms with Crippen molar-refractivity contribution in [1.29, 1.82) is 0 Å². The highest BCUT2D eigenvalue weighted by Gasteiger charge is 2.22. The lowest BCUT2D eigenvalue weighted by atomic mass is 10.4. The zero-order chi connectivity index (χ0) is 10.3. The largest absolute Gasteiger partial charge is 0.464 e. The summed E-state index contributed by atoms with van der Waals surface area (Å²) in [7, 11) is 0. The van der Waals surface area contributed by atoms with Crippen LogP contribution in [0.15, 0.2) is 0 Å². The van der Waals surface area contributed by atoms with Crippen LogP contribution in [0.4, 0.5) is 4.79 Å². The number of alkyl carbamates (subject to hydrolysis) is 1. The van der Waals surface area contributed by atoms with E-state index in [4.69, 9.17) is 0 Å². The SMILES string of the molecule is CC.CC(=O)OCC1COC(=O)N1.[HH]. The van der Waals surface area contributed by atoms with Crippen molar-refractivity contribution in [2.75, 3.05) is 13.2 Å².